The molecule has 1 saturated heterocycles. The van der Waals surface area contributed by atoms with Gasteiger partial charge in [0.1, 0.15) is 17.2 Å². The molecule has 4 heterocycles. The number of aromatic hydroxyl groups is 3. The van der Waals surface area contributed by atoms with E-state index in [0.29, 0.717) is 13.1 Å². The maximum Gasteiger partial charge on any atom is 0.312 e. The highest BCUT2D eigenvalue weighted by molar-refractivity contribution is 6.23. The largest absolute Gasteiger partial charge is 0.507 e. The van der Waals surface area contributed by atoms with Gasteiger partial charge in [-0.3, -0.25) is 14.6 Å². The third-order valence-corrected chi connectivity index (χ3v) is 11.6. The molecule has 306 valence electrons. The van der Waals surface area contributed by atoms with Crippen molar-refractivity contribution >= 4 is 34.4 Å². The second kappa shape index (κ2) is 16.8. The molecule has 9 atom stereocenters. The van der Waals surface area contributed by atoms with Gasteiger partial charge >= 0.3 is 5.79 Å². The minimum absolute atomic E-state index is 0.0688. The molecule has 0 saturated carbocycles. The van der Waals surface area contributed by atoms with Crippen molar-refractivity contribution in [3.63, 3.8) is 0 Å². The van der Waals surface area contributed by atoms with E-state index in [2.05, 4.69) is 15.3 Å². The fourth-order valence-electron chi connectivity index (χ4n) is 7.53. The van der Waals surface area contributed by atoms with Gasteiger partial charge in [-0.25, -0.2) is 0 Å². The minimum Gasteiger partial charge on any atom is -0.507 e. The number of allylic oxidation sites excluding steroid dienone is 2. The Labute approximate surface area is 327 Å². The first-order chi connectivity index (χ1) is 26.3. The van der Waals surface area contributed by atoms with Crippen LogP contribution in [-0.2, 0) is 14.3 Å². The molecule has 2 aromatic rings. The highest BCUT2D eigenvalue weighted by atomic mass is 16.7. The zero-order valence-electron chi connectivity index (χ0n) is 33.5. The second-order valence-electron chi connectivity index (χ2n) is 15.5. The number of amides is 1. The van der Waals surface area contributed by atoms with E-state index in [9.17, 15) is 40.2 Å². The number of nitrogens with zero attached hydrogens (tertiary/aromatic N) is 3. The van der Waals surface area contributed by atoms with Crippen molar-refractivity contribution in [2.75, 3.05) is 45.7 Å². The van der Waals surface area contributed by atoms with Crippen molar-refractivity contribution in [1.82, 2.24) is 9.91 Å². The van der Waals surface area contributed by atoms with E-state index in [1.807, 2.05) is 7.05 Å². The Balaban J connectivity index is 1.70. The predicted octanol–water partition coefficient (Wildman–Crippen LogP) is 3.76. The fraction of sp³-hybridized carbons (Fsp3) is 0.537. The number of ketones is 1. The van der Waals surface area contributed by atoms with Crippen molar-refractivity contribution in [2.45, 2.75) is 78.7 Å². The molecule has 0 radical (unpaired) electrons. The number of hydrazone groups is 1. The summed E-state index contributed by atoms with van der Waals surface area (Å²) in [5.74, 6) is -7.59. The number of benzene rings is 2. The molecule has 1 amide bonds. The van der Waals surface area contributed by atoms with Gasteiger partial charge in [0.05, 0.1) is 59.1 Å². The van der Waals surface area contributed by atoms with Crippen LogP contribution in [0.5, 0.6) is 23.0 Å². The number of aliphatic hydroxyl groups is 3. The van der Waals surface area contributed by atoms with Crippen molar-refractivity contribution in [1.29, 1.82) is 0 Å². The molecule has 15 nitrogen and oxygen atoms in total. The molecular formula is C41H56N4O11. The van der Waals surface area contributed by atoms with Crippen LogP contribution in [0.15, 0.2) is 41.2 Å². The summed E-state index contributed by atoms with van der Waals surface area (Å²) < 4.78 is 17.7. The summed E-state index contributed by atoms with van der Waals surface area (Å²) in [6.45, 7) is 13.8. The molecule has 2 aromatic carbocycles. The first-order valence-corrected chi connectivity index (χ1v) is 18.9. The van der Waals surface area contributed by atoms with Crippen molar-refractivity contribution in [3.8, 4) is 23.0 Å². The number of phenolic OH excluding ortho intramolecular Hbond substituents is 3. The molecule has 15 heteroatoms. The average molecular weight is 781 g/mol. The van der Waals surface area contributed by atoms with Crippen LogP contribution in [0, 0.1) is 30.6 Å². The smallest absolute Gasteiger partial charge is 0.312 e. The Morgan fingerprint density at radius 2 is 1.52 bits per heavy atom. The number of ether oxygens (including phenoxy) is 3. The molecule has 56 heavy (non-hydrogen) atoms. The van der Waals surface area contributed by atoms with Crippen molar-refractivity contribution in [3.05, 3.63) is 52.8 Å². The lowest BCUT2D eigenvalue weighted by molar-refractivity contribution is -0.112. The van der Waals surface area contributed by atoms with Gasteiger partial charge < -0.3 is 55.1 Å². The molecule has 5 bridgehead atoms. The topological polar surface area (TPSA) is 214 Å². The number of carbonyl (C=O) groups excluding carboxylic acids is 2. The van der Waals surface area contributed by atoms with Gasteiger partial charge in [0.15, 0.2) is 5.75 Å². The zero-order chi connectivity index (χ0) is 41.4. The number of methoxy groups -OCH3 is 1. The molecule has 1 fully saturated rings. The third-order valence-electron chi connectivity index (χ3n) is 11.6. The molecular weight excluding hydrogens is 724 g/mol. The number of phenols is 3. The van der Waals surface area contributed by atoms with Crippen LogP contribution in [0.2, 0.25) is 0 Å². The van der Waals surface area contributed by atoms with Crippen LogP contribution in [0.3, 0.4) is 0 Å². The van der Waals surface area contributed by atoms with Crippen LogP contribution in [0.25, 0.3) is 10.8 Å². The quantitative estimate of drug-likeness (QED) is 0.134. The lowest BCUT2D eigenvalue weighted by Gasteiger charge is -2.36. The van der Waals surface area contributed by atoms with Gasteiger partial charge in [-0.1, -0.05) is 45.9 Å². The van der Waals surface area contributed by atoms with E-state index in [1.54, 1.807) is 44.9 Å². The lowest BCUT2D eigenvalue weighted by atomic mass is 9.78. The van der Waals surface area contributed by atoms with Gasteiger partial charge in [0, 0.05) is 80.4 Å². The highest BCUT2D eigenvalue weighted by Crippen LogP contribution is 2.55. The molecule has 0 spiro atoms. The fourth-order valence-corrected chi connectivity index (χ4v) is 7.53. The molecule has 4 aliphatic heterocycles. The summed E-state index contributed by atoms with van der Waals surface area (Å²) in [6, 6.07) is 0. The number of likely N-dealkylation sites (N-methyl/N-ethyl adjacent to an activating group) is 1. The third kappa shape index (κ3) is 7.96. The highest BCUT2D eigenvalue weighted by Gasteiger charge is 2.50. The van der Waals surface area contributed by atoms with Gasteiger partial charge in [0.2, 0.25) is 0 Å². The summed E-state index contributed by atoms with van der Waals surface area (Å²) in [5.41, 5.74) is -0.290. The summed E-state index contributed by atoms with van der Waals surface area (Å²) in [7, 11) is 3.43. The molecule has 0 aromatic heterocycles. The Bertz CT molecular complexity index is 1950. The predicted molar refractivity (Wildman–Crippen MR) is 211 cm³/mol. The SMILES string of the molecule is CO[C@H]1/C=C/O[C@@]2(C)Oc3c(C)c(O)c4c(O)c(c(/C=N\N5CCN(C)CC5)c(O)c4c3C2=O)NC(=O)C(C)=C/C=C/[C@H](C)[C@H](O)[C@@H](C)[C@@H](O)[C@@H](C)[C@H](O)[C@@H]1C. The number of hydrogen-bond acceptors (Lipinski definition) is 14. The Morgan fingerprint density at radius 1 is 0.893 bits per heavy atom. The standard InChI is InChI=1S/C41H56N4O11/c1-20-11-10-12-21(2)40(53)43-31-26(19-42-45-16-14-44(8)15-17-45)36(50)28-29(37(31)51)35(49)25(6)38-30(28)39(52)41(7,56-38)55-18-13-27(54-9)22(3)33(47)24(5)34(48)23(4)32(20)46/h10-13,18-20,22-24,27,32-34,46-51H,14-17H2,1-9H3,(H,43,53)/b11-10+,18-13+,21-12?,42-19-/t20-,22+,23+,24-,27-,32-,33+,34+,41-/m0/s1. The molecule has 7 N–H and O–H groups in total. The van der Waals surface area contributed by atoms with Crippen LogP contribution in [0.1, 0.15) is 63.0 Å². The minimum atomic E-state index is -2.01. The monoisotopic (exact) mass is 780 g/mol. The number of fused-ring (bicyclic) bond motifs is 14. The Morgan fingerprint density at radius 3 is 2.16 bits per heavy atom. The molecule has 0 unspecified atom stereocenters. The molecule has 6 rings (SSSR count). The number of hydrogen-bond donors (Lipinski definition) is 7. The van der Waals surface area contributed by atoms with Crippen LogP contribution in [-0.4, -0.2) is 129 Å². The lowest BCUT2D eigenvalue weighted by Crippen LogP contribution is -2.44. The van der Waals surface area contributed by atoms with Gasteiger partial charge in [-0.05, 0) is 27.0 Å². The number of rotatable bonds is 3. The van der Waals surface area contributed by atoms with E-state index in [-0.39, 0.29) is 44.5 Å². The van der Waals surface area contributed by atoms with Gasteiger partial charge in [-0.15, -0.1) is 0 Å². The number of anilines is 1. The Hall–Kier alpha value is -4.67. The number of carbonyl (C=O) groups is 2. The number of piperazine rings is 1. The maximum absolute atomic E-state index is 14.3. The summed E-state index contributed by atoms with van der Waals surface area (Å²) in [5, 5.41) is 77.6. The van der Waals surface area contributed by atoms with Crippen LogP contribution in [0.4, 0.5) is 5.69 Å². The maximum atomic E-state index is 14.3. The van der Waals surface area contributed by atoms with E-state index in [4.69, 9.17) is 14.2 Å². The van der Waals surface area contributed by atoms with Gasteiger partial charge in [-0.2, -0.15) is 5.10 Å². The average Bonchev–Trinajstić information content (AvgIpc) is 3.44. The first-order valence-electron chi connectivity index (χ1n) is 18.9. The number of Topliss-reactive ketones (excluding diaryl/α,β-unsaturated/α-hetero) is 1. The van der Waals surface area contributed by atoms with Gasteiger partial charge in [0.25, 0.3) is 11.7 Å². The van der Waals surface area contributed by atoms with E-state index in [0.717, 1.165) is 13.1 Å². The number of nitrogens with one attached hydrogen (secondary N) is 1. The summed E-state index contributed by atoms with van der Waals surface area (Å²) in [4.78, 5) is 30.1. The van der Waals surface area contributed by atoms with Crippen LogP contribution < -0.4 is 10.1 Å². The van der Waals surface area contributed by atoms with Crippen molar-refractivity contribution in [2.24, 2.45) is 28.8 Å². The van der Waals surface area contributed by atoms with Crippen molar-refractivity contribution < 1.29 is 54.4 Å². The van der Waals surface area contributed by atoms with Crippen LogP contribution >= 0.6 is 0 Å². The van der Waals surface area contributed by atoms with E-state index >= 15 is 0 Å². The molecule has 4 aliphatic rings. The first kappa shape index (κ1) is 42.5. The summed E-state index contributed by atoms with van der Waals surface area (Å²) in [6.07, 6.45) is 4.79. The summed E-state index contributed by atoms with van der Waals surface area (Å²) >= 11 is 0. The second-order valence-corrected chi connectivity index (χ2v) is 15.5. The van der Waals surface area contributed by atoms with E-state index < -0.39 is 82.8 Å². The van der Waals surface area contributed by atoms with E-state index in [1.165, 1.54) is 52.5 Å². The molecule has 0 aliphatic carbocycles. The number of aliphatic hydroxyl groups excluding tert-OH is 3. The normalized spacial score (nSPS) is 32.4. The Kier molecular flexibility index (Phi) is 12.8. The zero-order valence-corrected chi connectivity index (χ0v) is 33.5.